The van der Waals surface area contributed by atoms with E-state index < -0.39 is 0 Å². The van der Waals surface area contributed by atoms with E-state index in [2.05, 4.69) is 23.5 Å². The Labute approximate surface area is 134 Å². The zero-order valence-electron chi connectivity index (χ0n) is 11.3. The molecule has 2 nitrogen and oxygen atoms in total. The van der Waals surface area contributed by atoms with Crippen LogP contribution in [-0.2, 0) is 0 Å². The third-order valence-electron chi connectivity index (χ3n) is 3.94. The van der Waals surface area contributed by atoms with Crippen molar-refractivity contribution in [2.75, 3.05) is 5.32 Å². The SMILES string of the molecule is N#Cc1ccc(NC2CC(c3ccc(Cl)cc3)C2)c(Cl)c1. The van der Waals surface area contributed by atoms with Gasteiger partial charge in [0.05, 0.1) is 22.3 Å². The smallest absolute Gasteiger partial charge is 0.0992 e. The number of anilines is 1. The highest BCUT2D eigenvalue weighted by molar-refractivity contribution is 6.33. The lowest BCUT2D eigenvalue weighted by molar-refractivity contribution is 0.374. The fraction of sp³-hybridized carbons (Fsp3) is 0.235. The van der Waals surface area contributed by atoms with Crippen LogP contribution in [0, 0.1) is 11.3 Å². The minimum absolute atomic E-state index is 0.427. The van der Waals surface area contributed by atoms with Crippen molar-refractivity contribution in [3.05, 3.63) is 63.6 Å². The number of hydrogen-bond donors (Lipinski definition) is 1. The van der Waals surface area contributed by atoms with Gasteiger partial charge in [-0.05, 0) is 54.7 Å². The summed E-state index contributed by atoms with van der Waals surface area (Å²) in [4.78, 5) is 0. The highest BCUT2D eigenvalue weighted by atomic mass is 35.5. The molecule has 106 valence electrons. The molecule has 0 spiro atoms. The third kappa shape index (κ3) is 3.15. The van der Waals surface area contributed by atoms with Crippen LogP contribution in [-0.4, -0.2) is 6.04 Å². The molecule has 0 bridgehead atoms. The molecule has 3 rings (SSSR count). The van der Waals surface area contributed by atoms with Crippen molar-refractivity contribution in [3.63, 3.8) is 0 Å². The molecule has 1 aliphatic carbocycles. The number of nitrogens with zero attached hydrogens (tertiary/aromatic N) is 1. The van der Waals surface area contributed by atoms with E-state index in [1.807, 2.05) is 18.2 Å². The van der Waals surface area contributed by atoms with Crippen molar-refractivity contribution in [2.45, 2.75) is 24.8 Å². The molecule has 0 unspecified atom stereocenters. The minimum atomic E-state index is 0.427. The lowest BCUT2D eigenvalue weighted by atomic mass is 9.76. The van der Waals surface area contributed by atoms with Crippen LogP contribution in [0.15, 0.2) is 42.5 Å². The first-order valence-corrected chi connectivity index (χ1v) is 7.63. The second-order valence-electron chi connectivity index (χ2n) is 5.37. The molecule has 0 atom stereocenters. The molecule has 0 aromatic heterocycles. The van der Waals surface area contributed by atoms with Gasteiger partial charge in [0.15, 0.2) is 0 Å². The summed E-state index contributed by atoms with van der Waals surface area (Å²) in [6, 6.07) is 15.9. The summed E-state index contributed by atoms with van der Waals surface area (Å²) < 4.78 is 0. The van der Waals surface area contributed by atoms with Gasteiger partial charge >= 0.3 is 0 Å². The van der Waals surface area contributed by atoms with Gasteiger partial charge in [0.25, 0.3) is 0 Å². The summed E-state index contributed by atoms with van der Waals surface area (Å²) in [7, 11) is 0. The zero-order valence-corrected chi connectivity index (χ0v) is 12.8. The van der Waals surface area contributed by atoms with E-state index in [1.54, 1.807) is 12.1 Å². The summed E-state index contributed by atoms with van der Waals surface area (Å²) in [6.45, 7) is 0. The molecule has 2 aromatic rings. The lowest BCUT2D eigenvalue weighted by Gasteiger charge is -2.37. The van der Waals surface area contributed by atoms with E-state index in [0.29, 0.717) is 22.5 Å². The Morgan fingerprint density at radius 2 is 1.76 bits per heavy atom. The average Bonchev–Trinajstić information content (AvgIpc) is 2.45. The number of nitrogens with one attached hydrogen (secondary N) is 1. The molecule has 4 heteroatoms. The Hall–Kier alpha value is -1.69. The topological polar surface area (TPSA) is 35.8 Å². The molecule has 0 heterocycles. The van der Waals surface area contributed by atoms with E-state index in [9.17, 15) is 0 Å². The molecule has 0 saturated heterocycles. The van der Waals surface area contributed by atoms with Crippen LogP contribution in [0.2, 0.25) is 10.0 Å². The lowest BCUT2D eigenvalue weighted by Crippen LogP contribution is -2.34. The Morgan fingerprint density at radius 1 is 1.05 bits per heavy atom. The van der Waals surface area contributed by atoms with Crippen LogP contribution in [0.5, 0.6) is 0 Å². The summed E-state index contributed by atoms with van der Waals surface area (Å²) in [5, 5.41) is 13.7. The minimum Gasteiger partial charge on any atom is -0.381 e. The van der Waals surface area contributed by atoms with Crippen LogP contribution in [0.3, 0.4) is 0 Å². The van der Waals surface area contributed by atoms with Gasteiger partial charge < -0.3 is 5.32 Å². The number of rotatable bonds is 3. The van der Waals surface area contributed by atoms with E-state index in [-0.39, 0.29) is 0 Å². The number of halogens is 2. The maximum Gasteiger partial charge on any atom is 0.0992 e. The normalized spacial score (nSPS) is 20.4. The fourth-order valence-electron chi connectivity index (χ4n) is 2.66. The first-order chi connectivity index (χ1) is 10.2. The van der Waals surface area contributed by atoms with Crippen LogP contribution < -0.4 is 5.32 Å². The standard InChI is InChI=1S/C17H14Cl2N2/c18-14-4-2-12(3-5-14)13-8-15(9-13)21-17-6-1-11(10-20)7-16(17)19/h1-7,13,15,21H,8-9H2. The molecule has 2 aromatic carbocycles. The predicted molar refractivity (Wildman–Crippen MR) is 87.0 cm³/mol. The summed E-state index contributed by atoms with van der Waals surface area (Å²) >= 11 is 12.1. The van der Waals surface area contributed by atoms with Crippen molar-refractivity contribution in [1.29, 1.82) is 5.26 Å². The van der Waals surface area contributed by atoms with E-state index in [0.717, 1.165) is 23.6 Å². The quantitative estimate of drug-likeness (QED) is 0.842. The molecule has 1 saturated carbocycles. The first kappa shape index (κ1) is 14.3. The van der Waals surface area contributed by atoms with Gasteiger partial charge in [0.2, 0.25) is 0 Å². The number of benzene rings is 2. The molecule has 0 aliphatic heterocycles. The van der Waals surface area contributed by atoms with Crippen molar-refractivity contribution < 1.29 is 0 Å². The van der Waals surface area contributed by atoms with Crippen LogP contribution >= 0.6 is 23.2 Å². The largest absolute Gasteiger partial charge is 0.381 e. The van der Waals surface area contributed by atoms with Crippen molar-refractivity contribution in [2.24, 2.45) is 0 Å². The van der Waals surface area contributed by atoms with E-state index >= 15 is 0 Å². The predicted octanol–water partition coefficient (Wildman–Crippen LogP) is 5.22. The van der Waals surface area contributed by atoms with Crippen LogP contribution in [0.4, 0.5) is 5.69 Å². The molecule has 21 heavy (non-hydrogen) atoms. The summed E-state index contributed by atoms with van der Waals surface area (Å²) in [6.07, 6.45) is 2.16. The van der Waals surface area contributed by atoms with Gasteiger partial charge in [-0.2, -0.15) is 5.26 Å². The van der Waals surface area contributed by atoms with Gasteiger partial charge in [-0.15, -0.1) is 0 Å². The van der Waals surface area contributed by atoms with Crippen molar-refractivity contribution in [3.8, 4) is 6.07 Å². The van der Waals surface area contributed by atoms with Gasteiger partial charge in [0.1, 0.15) is 0 Å². The first-order valence-electron chi connectivity index (χ1n) is 6.87. The molecule has 1 fully saturated rings. The van der Waals surface area contributed by atoms with Crippen molar-refractivity contribution in [1.82, 2.24) is 0 Å². The summed E-state index contributed by atoms with van der Waals surface area (Å²) in [5.74, 6) is 0.580. The van der Waals surface area contributed by atoms with Gasteiger partial charge in [-0.3, -0.25) is 0 Å². The fourth-order valence-corrected chi connectivity index (χ4v) is 3.03. The Kier molecular flexibility index (Phi) is 4.05. The molecule has 0 radical (unpaired) electrons. The van der Waals surface area contributed by atoms with E-state index in [4.69, 9.17) is 28.5 Å². The Morgan fingerprint density at radius 3 is 2.38 bits per heavy atom. The Bertz CT molecular complexity index is 683. The Balaban J connectivity index is 1.60. The van der Waals surface area contributed by atoms with Gasteiger partial charge in [0, 0.05) is 11.1 Å². The van der Waals surface area contributed by atoms with Crippen LogP contribution in [0.25, 0.3) is 0 Å². The highest BCUT2D eigenvalue weighted by Gasteiger charge is 2.30. The second-order valence-corrected chi connectivity index (χ2v) is 6.21. The monoisotopic (exact) mass is 316 g/mol. The molecular weight excluding hydrogens is 303 g/mol. The number of nitriles is 1. The van der Waals surface area contributed by atoms with Crippen molar-refractivity contribution >= 4 is 28.9 Å². The summed E-state index contributed by atoms with van der Waals surface area (Å²) in [5.41, 5.74) is 2.82. The van der Waals surface area contributed by atoms with E-state index in [1.165, 1.54) is 5.56 Å². The third-order valence-corrected chi connectivity index (χ3v) is 4.50. The zero-order chi connectivity index (χ0) is 14.8. The average molecular weight is 317 g/mol. The second kappa shape index (κ2) is 5.97. The number of hydrogen-bond acceptors (Lipinski definition) is 2. The highest BCUT2D eigenvalue weighted by Crippen LogP contribution is 2.39. The molecule has 1 N–H and O–H groups in total. The maximum absolute atomic E-state index is 8.83. The molecule has 0 amide bonds. The molecule has 1 aliphatic rings. The van der Waals surface area contributed by atoms with Gasteiger partial charge in [-0.1, -0.05) is 35.3 Å². The van der Waals surface area contributed by atoms with Gasteiger partial charge in [-0.25, -0.2) is 0 Å². The van der Waals surface area contributed by atoms with Crippen LogP contribution in [0.1, 0.15) is 29.9 Å². The molecular formula is C17H14Cl2N2. The maximum atomic E-state index is 8.83.